The van der Waals surface area contributed by atoms with E-state index in [1.165, 1.54) is 12.1 Å². The summed E-state index contributed by atoms with van der Waals surface area (Å²) in [6, 6.07) is 4.46. The molecule has 84 valence electrons. The maximum atomic E-state index is 13.7. The van der Waals surface area contributed by atoms with Crippen LogP contribution in [0.5, 0.6) is 0 Å². The molecule has 0 spiro atoms. The number of benzene rings is 1. The van der Waals surface area contributed by atoms with E-state index >= 15 is 0 Å². The van der Waals surface area contributed by atoms with E-state index in [1.54, 1.807) is 17.7 Å². The summed E-state index contributed by atoms with van der Waals surface area (Å²) in [7, 11) is 1.70. The number of aromatic amines is 1. The first-order valence-corrected chi connectivity index (χ1v) is 5.30. The quantitative estimate of drug-likeness (QED) is 0.771. The van der Waals surface area contributed by atoms with Crippen LogP contribution in [0.25, 0.3) is 11.3 Å². The molecule has 6 heteroatoms. The van der Waals surface area contributed by atoms with E-state index in [9.17, 15) is 4.39 Å². The Morgan fingerprint density at radius 1 is 1.50 bits per heavy atom. The Morgan fingerprint density at radius 3 is 2.69 bits per heavy atom. The second-order valence-electron chi connectivity index (χ2n) is 3.35. The molecule has 1 aromatic heterocycles. The number of nitrogens with zero attached hydrogens (tertiary/aromatic N) is 1. The number of halogens is 2. The van der Waals surface area contributed by atoms with Crippen molar-refractivity contribution < 1.29 is 4.39 Å². The second kappa shape index (κ2) is 3.92. The Labute approximate surface area is 102 Å². The van der Waals surface area contributed by atoms with E-state index in [0.29, 0.717) is 21.3 Å². The van der Waals surface area contributed by atoms with Crippen molar-refractivity contribution in [2.75, 3.05) is 5.73 Å². The van der Waals surface area contributed by atoms with Crippen LogP contribution < -0.4 is 5.73 Å². The Kier molecular flexibility index (Phi) is 2.73. The Hall–Kier alpha value is -1.33. The normalized spacial score (nSPS) is 10.7. The van der Waals surface area contributed by atoms with Crippen LogP contribution in [0.15, 0.2) is 18.2 Å². The van der Waals surface area contributed by atoms with Crippen molar-refractivity contribution in [3.05, 3.63) is 33.8 Å². The van der Waals surface area contributed by atoms with Gasteiger partial charge in [-0.05, 0) is 24.4 Å². The molecule has 0 radical (unpaired) electrons. The van der Waals surface area contributed by atoms with Gasteiger partial charge in [-0.25, -0.2) is 4.39 Å². The number of nitrogens with one attached hydrogen (secondary N) is 1. The van der Waals surface area contributed by atoms with Gasteiger partial charge >= 0.3 is 0 Å². The highest BCUT2D eigenvalue weighted by Crippen LogP contribution is 2.32. The van der Waals surface area contributed by atoms with Crippen molar-refractivity contribution in [1.82, 2.24) is 9.55 Å². The number of nitrogen functional groups attached to an aromatic ring is 1. The zero-order valence-electron chi connectivity index (χ0n) is 8.42. The fourth-order valence-electron chi connectivity index (χ4n) is 1.46. The Bertz CT molecular complexity index is 582. The van der Waals surface area contributed by atoms with Crippen LogP contribution in [0, 0.1) is 10.6 Å². The molecule has 0 aliphatic heterocycles. The SMILES string of the molecule is Cn1c(N)c(-c2c(F)cccc2Cl)[nH]c1=S. The summed E-state index contributed by atoms with van der Waals surface area (Å²) in [6.45, 7) is 0. The van der Waals surface area contributed by atoms with Gasteiger partial charge in [0.15, 0.2) is 4.77 Å². The third-order valence-electron chi connectivity index (χ3n) is 2.37. The highest BCUT2D eigenvalue weighted by Gasteiger charge is 2.15. The van der Waals surface area contributed by atoms with E-state index in [2.05, 4.69) is 4.98 Å². The van der Waals surface area contributed by atoms with Gasteiger partial charge in [0.2, 0.25) is 0 Å². The third kappa shape index (κ3) is 1.62. The first-order valence-electron chi connectivity index (χ1n) is 4.51. The molecule has 0 saturated carbocycles. The number of H-pyrrole nitrogens is 1. The molecule has 0 unspecified atom stereocenters. The molecule has 0 fully saturated rings. The summed E-state index contributed by atoms with van der Waals surface area (Å²) >= 11 is 10.9. The van der Waals surface area contributed by atoms with E-state index in [1.807, 2.05) is 0 Å². The lowest BCUT2D eigenvalue weighted by molar-refractivity contribution is 0.631. The summed E-state index contributed by atoms with van der Waals surface area (Å²) in [6.07, 6.45) is 0. The molecule has 1 heterocycles. The third-order valence-corrected chi connectivity index (χ3v) is 3.06. The zero-order chi connectivity index (χ0) is 11.9. The van der Waals surface area contributed by atoms with Crippen molar-refractivity contribution in [3.8, 4) is 11.3 Å². The first kappa shape index (κ1) is 11.2. The summed E-state index contributed by atoms with van der Waals surface area (Å²) in [5.41, 5.74) is 6.47. The van der Waals surface area contributed by atoms with Gasteiger partial charge in [0.05, 0.1) is 16.3 Å². The highest BCUT2D eigenvalue weighted by molar-refractivity contribution is 7.71. The standard InChI is InChI=1S/C10H9ClFN3S/c1-15-9(13)8(14-10(15)16)7-5(11)3-2-4-6(7)12/h2-4H,13H2,1H3,(H,14,16). The summed E-state index contributed by atoms with van der Waals surface area (Å²) in [5.74, 6) is -0.0759. The topological polar surface area (TPSA) is 46.7 Å². The maximum Gasteiger partial charge on any atom is 0.178 e. The molecule has 0 atom stereocenters. The molecule has 1 aromatic carbocycles. The number of rotatable bonds is 1. The monoisotopic (exact) mass is 257 g/mol. The van der Waals surface area contributed by atoms with Crippen LogP contribution in [0.3, 0.4) is 0 Å². The number of anilines is 1. The van der Waals surface area contributed by atoms with E-state index in [0.717, 1.165) is 0 Å². The second-order valence-corrected chi connectivity index (χ2v) is 4.14. The Balaban J connectivity index is 2.77. The van der Waals surface area contributed by atoms with E-state index in [4.69, 9.17) is 29.6 Å². The molecular formula is C10H9ClFN3S. The van der Waals surface area contributed by atoms with Crippen molar-refractivity contribution in [2.45, 2.75) is 0 Å². The average Bonchev–Trinajstić information content (AvgIpc) is 2.47. The van der Waals surface area contributed by atoms with Gasteiger partial charge in [-0.1, -0.05) is 17.7 Å². The molecule has 16 heavy (non-hydrogen) atoms. The fourth-order valence-corrected chi connectivity index (χ4v) is 1.92. The smallest absolute Gasteiger partial charge is 0.178 e. The van der Waals surface area contributed by atoms with E-state index in [-0.39, 0.29) is 5.56 Å². The first-order chi connectivity index (χ1) is 7.52. The van der Waals surface area contributed by atoms with Crippen molar-refractivity contribution in [2.24, 2.45) is 7.05 Å². The minimum Gasteiger partial charge on any atom is -0.383 e. The van der Waals surface area contributed by atoms with Gasteiger partial charge in [-0.15, -0.1) is 0 Å². The van der Waals surface area contributed by atoms with Gasteiger partial charge < -0.3 is 15.3 Å². The molecule has 0 aliphatic carbocycles. The average molecular weight is 258 g/mol. The van der Waals surface area contributed by atoms with E-state index < -0.39 is 5.82 Å². The van der Waals surface area contributed by atoms with Gasteiger partial charge in [0.1, 0.15) is 11.6 Å². The van der Waals surface area contributed by atoms with Crippen LogP contribution in [0.1, 0.15) is 0 Å². The van der Waals surface area contributed by atoms with Gasteiger partial charge in [0.25, 0.3) is 0 Å². The fraction of sp³-hybridized carbons (Fsp3) is 0.100. The largest absolute Gasteiger partial charge is 0.383 e. The molecule has 0 amide bonds. The van der Waals surface area contributed by atoms with Crippen LogP contribution >= 0.6 is 23.8 Å². The molecule has 2 rings (SSSR count). The Morgan fingerprint density at radius 2 is 2.19 bits per heavy atom. The molecular weight excluding hydrogens is 249 g/mol. The minimum absolute atomic E-state index is 0.244. The summed E-state index contributed by atoms with van der Waals surface area (Å²) in [5, 5.41) is 0.295. The predicted octanol–water partition coefficient (Wildman–Crippen LogP) is 3.12. The number of hydrogen-bond acceptors (Lipinski definition) is 2. The lowest BCUT2D eigenvalue weighted by Gasteiger charge is -2.04. The number of hydrogen-bond donors (Lipinski definition) is 2. The maximum absolute atomic E-state index is 13.7. The van der Waals surface area contributed by atoms with Crippen LogP contribution in [-0.2, 0) is 7.05 Å². The van der Waals surface area contributed by atoms with Crippen LogP contribution in [0.4, 0.5) is 10.2 Å². The number of imidazole rings is 1. The van der Waals surface area contributed by atoms with Crippen molar-refractivity contribution in [1.29, 1.82) is 0 Å². The molecule has 0 aliphatic rings. The highest BCUT2D eigenvalue weighted by atomic mass is 35.5. The lowest BCUT2D eigenvalue weighted by atomic mass is 10.1. The summed E-state index contributed by atoms with van der Waals surface area (Å²) in [4.78, 5) is 2.84. The van der Waals surface area contributed by atoms with Gasteiger partial charge in [-0.2, -0.15) is 0 Å². The van der Waals surface area contributed by atoms with Crippen LogP contribution in [-0.4, -0.2) is 9.55 Å². The lowest BCUT2D eigenvalue weighted by Crippen LogP contribution is -1.97. The van der Waals surface area contributed by atoms with Gasteiger partial charge in [0, 0.05) is 7.05 Å². The van der Waals surface area contributed by atoms with Crippen molar-refractivity contribution >= 4 is 29.6 Å². The molecule has 3 N–H and O–H groups in total. The number of nitrogens with two attached hydrogens (primary N) is 1. The molecule has 3 nitrogen and oxygen atoms in total. The summed E-state index contributed by atoms with van der Waals surface area (Å²) < 4.78 is 15.6. The van der Waals surface area contributed by atoms with Crippen molar-refractivity contribution in [3.63, 3.8) is 0 Å². The van der Waals surface area contributed by atoms with Crippen LogP contribution in [0.2, 0.25) is 5.02 Å². The predicted molar refractivity (Wildman–Crippen MR) is 65.4 cm³/mol. The number of aromatic nitrogens is 2. The zero-order valence-corrected chi connectivity index (χ0v) is 9.99. The molecule has 0 bridgehead atoms. The molecule has 0 saturated heterocycles. The van der Waals surface area contributed by atoms with Gasteiger partial charge in [-0.3, -0.25) is 0 Å². The molecule has 2 aromatic rings. The minimum atomic E-state index is -0.434.